The average Bonchev–Trinajstić information content (AvgIpc) is 2.72. The molecule has 1 aliphatic heterocycles. The maximum Gasteiger partial charge on any atom is 0.127 e. The van der Waals surface area contributed by atoms with Crippen LogP contribution in [0.15, 0.2) is 16.6 Å². The molecule has 0 saturated heterocycles. The van der Waals surface area contributed by atoms with Crippen molar-refractivity contribution in [1.82, 2.24) is 5.32 Å². The lowest BCUT2D eigenvalue weighted by atomic mass is 10.1. The largest absolute Gasteiger partial charge is 0.493 e. The van der Waals surface area contributed by atoms with E-state index < -0.39 is 0 Å². The molecule has 1 aromatic rings. The molecule has 0 amide bonds. The van der Waals surface area contributed by atoms with Crippen LogP contribution in [-0.4, -0.2) is 26.9 Å². The molecule has 88 valence electrons. The van der Waals surface area contributed by atoms with Crippen LogP contribution in [-0.2, 0) is 17.7 Å². The molecule has 3 nitrogen and oxygen atoms in total. The molecule has 0 fully saturated rings. The van der Waals surface area contributed by atoms with Crippen molar-refractivity contribution >= 4 is 15.9 Å². The minimum atomic E-state index is 0.733. The van der Waals surface area contributed by atoms with E-state index in [9.17, 15) is 0 Å². The summed E-state index contributed by atoms with van der Waals surface area (Å²) in [4.78, 5) is 0. The van der Waals surface area contributed by atoms with Gasteiger partial charge in [-0.2, -0.15) is 0 Å². The summed E-state index contributed by atoms with van der Waals surface area (Å²) in [6.45, 7) is 3.22. The molecule has 1 N–H and O–H groups in total. The average molecular weight is 286 g/mol. The van der Waals surface area contributed by atoms with Gasteiger partial charge in [-0.25, -0.2) is 0 Å². The van der Waals surface area contributed by atoms with Crippen molar-refractivity contribution in [2.24, 2.45) is 0 Å². The molecular formula is C12H16BrNO2. The zero-order chi connectivity index (χ0) is 11.4. The molecule has 2 rings (SSSR count). The number of halogens is 1. The van der Waals surface area contributed by atoms with E-state index in [-0.39, 0.29) is 0 Å². The second kappa shape index (κ2) is 5.66. The number of hydrogen-bond donors (Lipinski definition) is 1. The van der Waals surface area contributed by atoms with Crippen LogP contribution in [0.1, 0.15) is 11.1 Å². The Bertz CT molecular complexity index is 368. The number of fused-ring (bicyclic) bond motifs is 1. The standard InChI is InChI=1S/C12H16BrNO2/c1-15-5-3-14-8-10-7-11(13)6-9-2-4-16-12(9)10/h6-7,14H,2-5,8H2,1H3. The zero-order valence-electron chi connectivity index (χ0n) is 9.38. The van der Waals surface area contributed by atoms with Gasteiger partial charge < -0.3 is 14.8 Å². The third-order valence-electron chi connectivity index (χ3n) is 2.62. The van der Waals surface area contributed by atoms with Crippen molar-refractivity contribution in [3.63, 3.8) is 0 Å². The molecule has 0 bridgehead atoms. The van der Waals surface area contributed by atoms with Crippen LogP contribution in [0.5, 0.6) is 5.75 Å². The van der Waals surface area contributed by atoms with Gasteiger partial charge in [-0.3, -0.25) is 0 Å². The molecule has 0 atom stereocenters. The van der Waals surface area contributed by atoms with Crippen LogP contribution < -0.4 is 10.1 Å². The first kappa shape index (κ1) is 11.9. The summed E-state index contributed by atoms with van der Waals surface area (Å²) >= 11 is 3.53. The molecule has 0 aromatic heterocycles. The Kier molecular flexibility index (Phi) is 4.21. The third kappa shape index (κ3) is 2.75. The summed E-state index contributed by atoms with van der Waals surface area (Å²) < 4.78 is 11.8. The maximum absolute atomic E-state index is 5.65. The van der Waals surface area contributed by atoms with Gasteiger partial charge in [-0.15, -0.1) is 0 Å². The Morgan fingerprint density at radius 1 is 1.50 bits per heavy atom. The van der Waals surface area contributed by atoms with Crippen molar-refractivity contribution in [2.75, 3.05) is 26.9 Å². The zero-order valence-corrected chi connectivity index (χ0v) is 11.0. The Balaban J connectivity index is 2.03. The quantitative estimate of drug-likeness (QED) is 0.841. The molecule has 0 unspecified atom stereocenters. The topological polar surface area (TPSA) is 30.5 Å². The maximum atomic E-state index is 5.65. The molecule has 1 aromatic carbocycles. The molecule has 0 aliphatic carbocycles. The molecule has 0 radical (unpaired) electrons. The monoisotopic (exact) mass is 285 g/mol. The molecule has 1 heterocycles. The molecule has 0 saturated carbocycles. The molecule has 1 aliphatic rings. The number of benzene rings is 1. The Morgan fingerprint density at radius 2 is 2.38 bits per heavy atom. The van der Waals surface area contributed by atoms with Crippen molar-refractivity contribution in [1.29, 1.82) is 0 Å². The highest BCUT2D eigenvalue weighted by molar-refractivity contribution is 9.10. The predicted molar refractivity (Wildman–Crippen MR) is 66.9 cm³/mol. The number of nitrogens with one attached hydrogen (secondary N) is 1. The van der Waals surface area contributed by atoms with E-state index in [2.05, 4.69) is 33.4 Å². The summed E-state index contributed by atoms with van der Waals surface area (Å²) in [5.74, 6) is 1.06. The number of rotatable bonds is 5. The van der Waals surface area contributed by atoms with Gasteiger partial charge in [0.2, 0.25) is 0 Å². The lowest BCUT2D eigenvalue weighted by molar-refractivity contribution is 0.199. The first-order valence-electron chi connectivity index (χ1n) is 5.45. The van der Waals surface area contributed by atoms with E-state index in [0.29, 0.717) is 0 Å². The lowest BCUT2D eigenvalue weighted by Gasteiger charge is -2.10. The van der Waals surface area contributed by atoms with E-state index in [1.165, 1.54) is 11.1 Å². The van der Waals surface area contributed by atoms with Crippen molar-refractivity contribution in [2.45, 2.75) is 13.0 Å². The normalized spacial score (nSPS) is 13.6. The lowest BCUT2D eigenvalue weighted by Crippen LogP contribution is -2.18. The smallest absolute Gasteiger partial charge is 0.127 e. The summed E-state index contributed by atoms with van der Waals surface area (Å²) in [5, 5.41) is 3.33. The molecule has 0 spiro atoms. The molecular weight excluding hydrogens is 270 g/mol. The fourth-order valence-corrected chi connectivity index (χ4v) is 2.43. The van der Waals surface area contributed by atoms with E-state index in [4.69, 9.17) is 9.47 Å². The van der Waals surface area contributed by atoms with Gasteiger partial charge in [0.15, 0.2) is 0 Å². The van der Waals surface area contributed by atoms with Crippen molar-refractivity contribution in [3.8, 4) is 5.75 Å². The van der Waals surface area contributed by atoms with Gasteiger partial charge in [-0.1, -0.05) is 15.9 Å². The highest BCUT2D eigenvalue weighted by Crippen LogP contribution is 2.32. The first-order valence-corrected chi connectivity index (χ1v) is 6.24. The Morgan fingerprint density at radius 3 is 3.19 bits per heavy atom. The first-order chi connectivity index (χ1) is 7.81. The van der Waals surface area contributed by atoms with Crippen LogP contribution in [0.4, 0.5) is 0 Å². The van der Waals surface area contributed by atoms with Gasteiger partial charge in [0.1, 0.15) is 5.75 Å². The van der Waals surface area contributed by atoms with E-state index in [1.54, 1.807) is 7.11 Å². The number of ether oxygens (including phenoxy) is 2. The van der Waals surface area contributed by atoms with Crippen LogP contribution in [0.2, 0.25) is 0 Å². The van der Waals surface area contributed by atoms with Crippen molar-refractivity contribution < 1.29 is 9.47 Å². The minimum absolute atomic E-state index is 0.733. The summed E-state index contributed by atoms with van der Waals surface area (Å²) in [6.07, 6.45) is 1.01. The predicted octanol–water partition coefficient (Wildman–Crippen LogP) is 2.12. The third-order valence-corrected chi connectivity index (χ3v) is 3.08. The highest BCUT2D eigenvalue weighted by Gasteiger charge is 2.16. The SMILES string of the molecule is COCCNCc1cc(Br)cc2c1OCC2. The Labute approximate surface area is 104 Å². The number of hydrogen-bond acceptors (Lipinski definition) is 3. The van der Waals surface area contributed by atoms with Gasteiger partial charge in [0.05, 0.1) is 13.2 Å². The van der Waals surface area contributed by atoms with E-state index in [1.807, 2.05) is 0 Å². The molecule has 16 heavy (non-hydrogen) atoms. The van der Waals surface area contributed by atoms with Crippen LogP contribution >= 0.6 is 15.9 Å². The van der Waals surface area contributed by atoms with Crippen LogP contribution in [0.25, 0.3) is 0 Å². The summed E-state index contributed by atoms with van der Waals surface area (Å²) in [5.41, 5.74) is 2.52. The fourth-order valence-electron chi connectivity index (χ4n) is 1.87. The molecule has 4 heteroatoms. The Hall–Kier alpha value is -0.580. The van der Waals surface area contributed by atoms with Crippen LogP contribution in [0, 0.1) is 0 Å². The minimum Gasteiger partial charge on any atom is -0.493 e. The summed E-state index contributed by atoms with van der Waals surface area (Å²) in [7, 11) is 1.71. The van der Waals surface area contributed by atoms with E-state index in [0.717, 1.165) is 42.9 Å². The second-order valence-electron chi connectivity index (χ2n) is 3.82. The van der Waals surface area contributed by atoms with Crippen molar-refractivity contribution in [3.05, 3.63) is 27.7 Å². The highest BCUT2D eigenvalue weighted by atomic mass is 79.9. The van der Waals surface area contributed by atoms with Gasteiger partial charge in [-0.05, 0) is 17.7 Å². The van der Waals surface area contributed by atoms with E-state index >= 15 is 0 Å². The summed E-state index contributed by atoms with van der Waals surface area (Å²) in [6, 6.07) is 4.25. The van der Waals surface area contributed by atoms with Gasteiger partial charge in [0.25, 0.3) is 0 Å². The van der Waals surface area contributed by atoms with Gasteiger partial charge in [0, 0.05) is 36.7 Å². The fraction of sp³-hybridized carbons (Fsp3) is 0.500. The number of methoxy groups -OCH3 is 1. The second-order valence-corrected chi connectivity index (χ2v) is 4.74. The van der Waals surface area contributed by atoms with Gasteiger partial charge >= 0.3 is 0 Å². The van der Waals surface area contributed by atoms with Crippen LogP contribution in [0.3, 0.4) is 0 Å².